The highest BCUT2D eigenvalue weighted by Gasteiger charge is 2.19. The first-order valence-corrected chi connectivity index (χ1v) is 4.47. The second-order valence-electron chi connectivity index (χ2n) is 2.88. The lowest BCUT2D eigenvalue weighted by Gasteiger charge is -2.15. The van der Waals surface area contributed by atoms with Crippen LogP contribution in [0.2, 0.25) is 0 Å². The van der Waals surface area contributed by atoms with E-state index in [1.165, 1.54) is 0 Å². The summed E-state index contributed by atoms with van der Waals surface area (Å²) in [6.45, 7) is 2.13. The van der Waals surface area contributed by atoms with Crippen LogP contribution in [0.1, 0.15) is 19.8 Å². The van der Waals surface area contributed by atoms with E-state index in [-0.39, 0.29) is 11.3 Å². The van der Waals surface area contributed by atoms with Gasteiger partial charge in [-0.25, -0.2) is 0 Å². The minimum atomic E-state index is 0.176. The van der Waals surface area contributed by atoms with Crippen LogP contribution in [0, 0.1) is 5.92 Å². The van der Waals surface area contributed by atoms with Gasteiger partial charge in [-0.2, -0.15) is 0 Å². The second kappa shape index (κ2) is 3.82. The summed E-state index contributed by atoms with van der Waals surface area (Å²) in [5.41, 5.74) is 6.63. The average molecular weight is 172 g/mol. The van der Waals surface area contributed by atoms with Crippen molar-refractivity contribution >= 4 is 11.6 Å². The van der Waals surface area contributed by atoms with E-state index in [0.29, 0.717) is 0 Å². The molecule has 0 saturated heterocycles. The van der Waals surface area contributed by atoms with E-state index in [9.17, 15) is 0 Å². The maximum absolute atomic E-state index is 6.11. The van der Waals surface area contributed by atoms with Gasteiger partial charge in [0.15, 0.2) is 0 Å². The number of hydrogen-bond donors (Lipinski definition) is 1. The Hall–Kier alpha value is -0.430. The molecular formula is C9H14ClN. The topological polar surface area (TPSA) is 26.0 Å². The molecule has 62 valence electrons. The van der Waals surface area contributed by atoms with E-state index in [4.69, 9.17) is 17.3 Å². The van der Waals surface area contributed by atoms with Crippen LogP contribution in [-0.2, 0) is 0 Å². The van der Waals surface area contributed by atoms with E-state index in [1.54, 1.807) is 0 Å². The fourth-order valence-corrected chi connectivity index (χ4v) is 1.74. The Morgan fingerprint density at radius 2 is 2.45 bits per heavy atom. The van der Waals surface area contributed by atoms with Crippen molar-refractivity contribution in [2.24, 2.45) is 11.7 Å². The summed E-state index contributed by atoms with van der Waals surface area (Å²) in [5.74, 6) is 0.275. The Morgan fingerprint density at radius 1 is 1.73 bits per heavy atom. The lowest BCUT2D eigenvalue weighted by molar-refractivity contribution is 0.629. The Balaban J connectivity index is 2.47. The van der Waals surface area contributed by atoms with Gasteiger partial charge < -0.3 is 5.73 Å². The summed E-state index contributed by atoms with van der Waals surface area (Å²) in [4.78, 5) is 0. The molecule has 1 aliphatic carbocycles. The highest BCUT2D eigenvalue weighted by atomic mass is 35.5. The largest absolute Gasteiger partial charge is 0.402 e. The van der Waals surface area contributed by atoms with Crippen molar-refractivity contribution in [3.05, 3.63) is 23.9 Å². The molecule has 0 aliphatic heterocycles. The van der Waals surface area contributed by atoms with Crippen LogP contribution >= 0.6 is 11.6 Å². The van der Waals surface area contributed by atoms with Crippen molar-refractivity contribution in [1.29, 1.82) is 0 Å². The number of hydrogen-bond acceptors (Lipinski definition) is 1. The predicted octanol–water partition coefficient (Wildman–Crippen LogP) is 2.42. The van der Waals surface area contributed by atoms with Gasteiger partial charge in [0.25, 0.3) is 0 Å². The Labute approximate surface area is 72.9 Å². The van der Waals surface area contributed by atoms with Crippen molar-refractivity contribution < 1.29 is 0 Å². The van der Waals surface area contributed by atoms with Crippen LogP contribution < -0.4 is 5.73 Å². The summed E-state index contributed by atoms with van der Waals surface area (Å²) >= 11 is 6.11. The molecule has 2 N–H and O–H groups in total. The number of nitrogens with two attached hydrogens (primary N) is 1. The van der Waals surface area contributed by atoms with Crippen LogP contribution in [0.15, 0.2) is 23.9 Å². The molecule has 0 spiro atoms. The van der Waals surface area contributed by atoms with Gasteiger partial charge in [0.2, 0.25) is 0 Å². The Kier molecular flexibility index (Phi) is 3.01. The molecule has 0 heterocycles. The predicted molar refractivity (Wildman–Crippen MR) is 49.4 cm³/mol. The van der Waals surface area contributed by atoms with Crippen molar-refractivity contribution in [2.45, 2.75) is 25.1 Å². The molecule has 2 atom stereocenters. The standard InChI is InChI=1S/C9H14ClN/c1-2-4-8(10)7-5-3-6-9(7)11/h3,5-8H,2,4,11H2,1H3. The summed E-state index contributed by atoms with van der Waals surface area (Å²) < 4.78 is 0. The lowest BCUT2D eigenvalue weighted by Crippen LogP contribution is -2.17. The van der Waals surface area contributed by atoms with Gasteiger partial charge in [0.1, 0.15) is 0 Å². The van der Waals surface area contributed by atoms with Gasteiger partial charge in [0.05, 0.1) is 0 Å². The Morgan fingerprint density at radius 3 is 2.91 bits per heavy atom. The molecule has 0 aromatic carbocycles. The van der Waals surface area contributed by atoms with Crippen LogP contribution in [0.3, 0.4) is 0 Å². The molecule has 0 amide bonds. The maximum Gasteiger partial charge on any atom is 0.0453 e. The third-order valence-corrected chi connectivity index (χ3v) is 2.44. The van der Waals surface area contributed by atoms with Gasteiger partial charge in [-0.15, -0.1) is 11.6 Å². The second-order valence-corrected chi connectivity index (χ2v) is 3.44. The maximum atomic E-state index is 6.11. The van der Waals surface area contributed by atoms with Crippen molar-refractivity contribution in [1.82, 2.24) is 0 Å². The number of rotatable bonds is 3. The van der Waals surface area contributed by atoms with Gasteiger partial charge in [0, 0.05) is 17.0 Å². The Bertz CT molecular complexity index is 184. The highest BCUT2D eigenvalue weighted by Crippen LogP contribution is 2.25. The first kappa shape index (κ1) is 8.66. The van der Waals surface area contributed by atoms with Gasteiger partial charge in [-0.05, 0) is 12.5 Å². The highest BCUT2D eigenvalue weighted by molar-refractivity contribution is 6.21. The molecule has 0 aromatic rings. The molecule has 0 bridgehead atoms. The van der Waals surface area contributed by atoms with E-state index in [0.717, 1.165) is 18.5 Å². The molecule has 1 nitrogen and oxygen atoms in total. The molecule has 0 fully saturated rings. The molecule has 0 aromatic heterocycles. The molecule has 2 heteroatoms. The van der Waals surface area contributed by atoms with Crippen LogP contribution in [0.4, 0.5) is 0 Å². The van der Waals surface area contributed by atoms with Crippen LogP contribution in [-0.4, -0.2) is 5.38 Å². The zero-order valence-corrected chi connectivity index (χ0v) is 7.51. The van der Waals surface area contributed by atoms with E-state index in [2.05, 4.69) is 13.0 Å². The first-order valence-electron chi connectivity index (χ1n) is 4.03. The zero-order valence-electron chi connectivity index (χ0n) is 6.76. The molecule has 0 saturated carbocycles. The summed E-state index contributed by atoms with van der Waals surface area (Å²) in [6, 6.07) is 0. The summed E-state index contributed by atoms with van der Waals surface area (Å²) in [5, 5.41) is 0.176. The molecule has 0 radical (unpaired) electrons. The molecule has 1 aliphatic rings. The van der Waals surface area contributed by atoms with Gasteiger partial charge in [-0.1, -0.05) is 25.5 Å². The van der Waals surface area contributed by atoms with Crippen molar-refractivity contribution in [3.8, 4) is 0 Å². The molecule has 1 rings (SSSR count). The minimum absolute atomic E-state index is 0.176. The van der Waals surface area contributed by atoms with Gasteiger partial charge >= 0.3 is 0 Å². The van der Waals surface area contributed by atoms with Crippen LogP contribution in [0.25, 0.3) is 0 Å². The summed E-state index contributed by atoms with van der Waals surface area (Å²) in [6.07, 6.45) is 8.13. The number of halogens is 1. The van der Waals surface area contributed by atoms with Crippen molar-refractivity contribution in [3.63, 3.8) is 0 Å². The van der Waals surface area contributed by atoms with E-state index >= 15 is 0 Å². The van der Waals surface area contributed by atoms with E-state index in [1.807, 2.05) is 12.2 Å². The average Bonchev–Trinajstić information content (AvgIpc) is 2.36. The fourth-order valence-electron chi connectivity index (χ4n) is 1.29. The van der Waals surface area contributed by atoms with E-state index < -0.39 is 0 Å². The van der Waals surface area contributed by atoms with Crippen molar-refractivity contribution in [2.75, 3.05) is 0 Å². The quantitative estimate of drug-likeness (QED) is 0.649. The molecule has 11 heavy (non-hydrogen) atoms. The monoisotopic (exact) mass is 171 g/mol. The normalized spacial score (nSPS) is 25.3. The third kappa shape index (κ3) is 2.00. The molecular weight excluding hydrogens is 158 g/mol. The SMILES string of the molecule is CCCC(Cl)C1C=CC=C1N. The summed E-state index contributed by atoms with van der Waals surface area (Å²) in [7, 11) is 0. The van der Waals surface area contributed by atoms with Gasteiger partial charge in [-0.3, -0.25) is 0 Å². The van der Waals surface area contributed by atoms with Crippen LogP contribution in [0.5, 0.6) is 0 Å². The minimum Gasteiger partial charge on any atom is -0.402 e. The number of alkyl halides is 1. The number of allylic oxidation sites excluding steroid dienone is 3. The smallest absolute Gasteiger partial charge is 0.0453 e. The zero-order chi connectivity index (χ0) is 8.27. The molecule has 2 unspecified atom stereocenters. The fraction of sp³-hybridized carbons (Fsp3) is 0.556. The third-order valence-electron chi connectivity index (χ3n) is 1.95. The lowest BCUT2D eigenvalue weighted by atomic mass is 10.0. The first-order chi connectivity index (χ1) is 5.25.